The molecule has 5 nitrogen and oxygen atoms in total. The van der Waals surface area contributed by atoms with Crippen LogP contribution in [0.1, 0.15) is 35.7 Å². The number of carbonyl (C=O) groups is 2. The van der Waals surface area contributed by atoms with Crippen LogP contribution < -0.4 is 5.32 Å². The van der Waals surface area contributed by atoms with Crippen molar-refractivity contribution in [2.24, 2.45) is 0 Å². The fourth-order valence-electron chi connectivity index (χ4n) is 3.63. The van der Waals surface area contributed by atoms with Gasteiger partial charge in [-0.05, 0) is 67.8 Å². The van der Waals surface area contributed by atoms with E-state index >= 15 is 0 Å². The van der Waals surface area contributed by atoms with Crippen molar-refractivity contribution in [3.63, 3.8) is 0 Å². The Balaban J connectivity index is 1.44. The van der Waals surface area contributed by atoms with Gasteiger partial charge in [-0.2, -0.15) is 0 Å². The molecule has 0 bridgehead atoms. The highest BCUT2D eigenvalue weighted by Gasteiger charge is 2.14. The van der Waals surface area contributed by atoms with Gasteiger partial charge in [-0.3, -0.25) is 14.6 Å². The molecule has 0 saturated carbocycles. The predicted octanol–water partition coefficient (Wildman–Crippen LogP) is 5.39. The van der Waals surface area contributed by atoms with E-state index in [4.69, 9.17) is 0 Å². The number of benzene rings is 2. The lowest BCUT2D eigenvalue weighted by atomic mass is 10.0. The Kier molecular flexibility index (Phi) is 5.70. The van der Waals surface area contributed by atoms with Gasteiger partial charge in [0.15, 0.2) is 5.78 Å². The lowest BCUT2D eigenvalue weighted by Crippen LogP contribution is -2.11. The van der Waals surface area contributed by atoms with Crippen LogP contribution in [0.3, 0.4) is 0 Å². The number of nitrogens with zero attached hydrogens (tertiary/aromatic N) is 1. The van der Waals surface area contributed by atoms with Crippen molar-refractivity contribution < 1.29 is 9.59 Å². The highest BCUT2D eigenvalue weighted by atomic mass is 16.1. The summed E-state index contributed by atoms with van der Waals surface area (Å²) in [4.78, 5) is 31.7. The number of ketones is 1. The molecule has 2 heterocycles. The second kappa shape index (κ2) is 8.74. The molecule has 0 fully saturated rings. The summed E-state index contributed by atoms with van der Waals surface area (Å²) < 4.78 is 0. The number of anilines is 1. The first-order valence-corrected chi connectivity index (χ1v) is 10.0. The molecule has 4 aromatic rings. The number of amides is 1. The maximum Gasteiger partial charge on any atom is 0.224 e. The third kappa shape index (κ3) is 4.30. The minimum absolute atomic E-state index is 0.00955. The first-order valence-electron chi connectivity index (χ1n) is 10.0. The Hall–Kier alpha value is -3.73. The molecule has 0 aliphatic heterocycles. The van der Waals surface area contributed by atoms with Crippen molar-refractivity contribution in [3.8, 4) is 11.4 Å². The van der Waals surface area contributed by atoms with Crippen LogP contribution in [-0.4, -0.2) is 21.7 Å². The number of aryl methyl sites for hydroxylation is 1. The van der Waals surface area contributed by atoms with Gasteiger partial charge in [0, 0.05) is 34.8 Å². The molecule has 2 aromatic carbocycles. The van der Waals surface area contributed by atoms with E-state index in [-0.39, 0.29) is 11.7 Å². The Morgan fingerprint density at radius 2 is 1.73 bits per heavy atom. The van der Waals surface area contributed by atoms with E-state index in [1.54, 1.807) is 30.5 Å². The monoisotopic (exact) mass is 397 g/mol. The average molecular weight is 397 g/mol. The fraction of sp³-hybridized carbons (Fsp3) is 0.160. The maximum atomic E-state index is 12.4. The molecule has 1 amide bonds. The van der Waals surface area contributed by atoms with Crippen molar-refractivity contribution >= 4 is 28.3 Å². The second-order valence-electron chi connectivity index (χ2n) is 7.27. The molecular weight excluding hydrogens is 374 g/mol. The number of fused-ring (bicyclic) bond motifs is 1. The van der Waals surface area contributed by atoms with E-state index in [2.05, 4.69) is 27.4 Å². The molecule has 0 aliphatic carbocycles. The van der Waals surface area contributed by atoms with Crippen molar-refractivity contribution in [2.75, 3.05) is 5.32 Å². The number of Topliss-reactive ketones (excluding diaryl/α,β-unsaturated/α-hetero) is 1. The molecule has 4 rings (SSSR count). The van der Waals surface area contributed by atoms with Crippen LogP contribution in [0, 0.1) is 0 Å². The molecule has 0 spiro atoms. The van der Waals surface area contributed by atoms with Crippen LogP contribution in [0.5, 0.6) is 0 Å². The van der Waals surface area contributed by atoms with Gasteiger partial charge >= 0.3 is 0 Å². The van der Waals surface area contributed by atoms with E-state index in [1.807, 2.05) is 30.3 Å². The lowest BCUT2D eigenvalue weighted by Gasteiger charge is -2.07. The summed E-state index contributed by atoms with van der Waals surface area (Å²) in [5.41, 5.74) is 5.50. The van der Waals surface area contributed by atoms with Crippen molar-refractivity contribution in [3.05, 3.63) is 84.1 Å². The number of carbonyl (C=O) groups excluding carboxylic acids is 2. The van der Waals surface area contributed by atoms with Crippen LogP contribution in [-0.2, 0) is 11.2 Å². The summed E-state index contributed by atoms with van der Waals surface area (Å²) >= 11 is 0. The highest BCUT2D eigenvalue weighted by molar-refractivity contribution is 5.95. The lowest BCUT2D eigenvalue weighted by molar-refractivity contribution is -0.116. The number of H-pyrrole nitrogens is 1. The first-order chi connectivity index (χ1) is 14.6. The summed E-state index contributed by atoms with van der Waals surface area (Å²) in [7, 11) is 0. The zero-order chi connectivity index (χ0) is 20.9. The second-order valence-corrected chi connectivity index (χ2v) is 7.27. The van der Waals surface area contributed by atoms with Gasteiger partial charge in [-0.15, -0.1) is 0 Å². The van der Waals surface area contributed by atoms with Crippen LogP contribution in [0.15, 0.2) is 72.9 Å². The highest BCUT2D eigenvalue weighted by Crippen LogP contribution is 2.30. The molecule has 5 heteroatoms. The number of hydrogen-bond acceptors (Lipinski definition) is 3. The molecule has 0 atom stereocenters. The van der Waals surface area contributed by atoms with Crippen LogP contribution in [0.2, 0.25) is 0 Å². The number of aromatic nitrogens is 2. The van der Waals surface area contributed by atoms with Crippen molar-refractivity contribution in [1.29, 1.82) is 0 Å². The van der Waals surface area contributed by atoms with E-state index < -0.39 is 0 Å². The molecule has 150 valence electrons. The normalized spacial score (nSPS) is 10.8. The van der Waals surface area contributed by atoms with Gasteiger partial charge in [0.2, 0.25) is 5.91 Å². The maximum absolute atomic E-state index is 12.4. The fourth-order valence-corrected chi connectivity index (χ4v) is 3.63. The molecule has 0 saturated heterocycles. The molecule has 0 radical (unpaired) electrons. The minimum atomic E-state index is -0.0372. The van der Waals surface area contributed by atoms with Gasteiger partial charge < -0.3 is 10.3 Å². The van der Waals surface area contributed by atoms with Crippen molar-refractivity contribution in [1.82, 2.24) is 9.97 Å². The summed E-state index contributed by atoms with van der Waals surface area (Å²) in [6.45, 7) is 1.53. The summed E-state index contributed by atoms with van der Waals surface area (Å²) in [6.07, 6.45) is 3.69. The van der Waals surface area contributed by atoms with E-state index in [0.717, 1.165) is 29.7 Å². The third-order valence-corrected chi connectivity index (χ3v) is 5.14. The van der Waals surface area contributed by atoms with E-state index in [0.29, 0.717) is 17.7 Å². The summed E-state index contributed by atoms with van der Waals surface area (Å²) in [5.74, 6) is -0.0277. The molecule has 0 aliphatic rings. The summed E-state index contributed by atoms with van der Waals surface area (Å²) in [6, 6.07) is 21.0. The predicted molar refractivity (Wildman–Crippen MR) is 120 cm³/mol. The average Bonchev–Trinajstić information content (AvgIpc) is 3.13. The van der Waals surface area contributed by atoms with Gasteiger partial charge in [0.25, 0.3) is 0 Å². The number of pyridine rings is 1. The Bertz CT molecular complexity index is 1180. The molecule has 30 heavy (non-hydrogen) atoms. The smallest absolute Gasteiger partial charge is 0.224 e. The zero-order valence-corrected chi connectivity index (χ0v) is 16.8. The zero-order valence-electron chi connectivity index (χ0n) is 16.8. The standard InChI is InChI=1S/C25H23N3O2/c1-17(29)18-12-14-19(15-13-18)27-24(30)11-6-8-21-20-7-2-3-9-22(20)28-25(21)23-10-4-5-16-26-23/h2-5,7,9-10,12-16,28H,6,8,11H2,1H3,(H,27,30). The van der Waals surface area contributed by atoms with Gasteiger partial charge in [-0.1, -0.05) is 24.3 Å². The number of hydrogen-bond donors (Lipinski definition) is 2. The topological polar surface area (TPSA) is 74.8 Å². The number of nitrogens with one attached hydrogen (secondary N) is 2. The number of aromatic amines is 1. The Morgan fingerprint density at radius 1 is 0.967 bits per heavy atom. The molecular formula is C25H23N3O2. The van der Waals surface area contributed by atoms with E-state index in [9.17, 15) is 9.59 Å². The summed E-state index contributed by atoms with van der Waals surface area (Å²) in [5, 5.41) is 4.07. The van der Waals surface area contributed by atoms with Crippen LogP contribution >= 0.6 is 0 Å². The Morgan fingerprint density at radius 3 is 2.47 bits per heavy atom. The third-order valence-electron chi connectivity index (χ3n) is 5.14. The van der Waals surface area contributed by atoms with Crippen LogP contribution in [0.4, 0.5) is 5.69 Å². The first kappa shape index (κ1) is 19.6. The number of para-hydroxylation sites is 1. The quantitative estimate of drug-likeness (QED) is 0.410. The molecule has 2 N–H and O–H groups in total. The largest absolute Gasteiger partial charge is 0.353 e. The minimum Gasteiger partial charge on any atom is -0.353 e. The molecule has 0 unspecified atom stereocenters. The number of rotatable bonds is 7. The molecule has 2 aromatic heterocycles. The van der Waals surface area contributed by atoms with Crippen molar-refractivity contribution in [2.45, 2.75) is 26.2 Å². The van der Waals surface area contributed by atoms with Gasteiger partial charge in [-0.25, -0.2) is 0 Å². The van der Waals surface area contributed by atoms with Gasteiger partial charge in [0.05, 0.1) is 11.4 Å². The van der Waals surface area contributed by atoms with Crippen LogP contribution in [0.25, 0.3) is 22.3 Å². The van der Waals surface area contributed by atoms with E-state index in [1.165, 1.54) is 17.9 Å². The Labute approximate surface area is 175 Å². The van der Waals surface area contributed by atoms with Gasteiger partial charge in [0.1, 0.15) is 0 Å². The SMILES string of the molecule is CC(=O)c1ccc(NC(=O)CCCc2c(-c3ccccn3)[nH]c3ccccc23)cc1.